The Labute approximate surface area is 325 Å². The molecule has 4 aliphatic rings. The first-order valence-electron chi connectivity index (χ1n) is 19.6. The topological polar surface area (TPSA) is 166 Å². The highest BCUT2D eigenvalue weighted by molar-refractivity contribution is 6.09. The van der Waals surface area contributed by atoms with E-state index in [1.54, 1.807) is 36.1 Å². The third-order valence-electron chi connectivity index (χ3n) is 11.9. The molecule has 16 nitrogen and oxygen atoms in total. The van der Waals surface area contributed by atoms with E-state index in [0.717, 1.165) is 55.4 Å². The maximum atomic E-state index is 16.3. The third-order valence-corrected chi connectivity index (χ3v) is 11.9. The van der Waals surface area contributed by atoms with Crippen molar-refractivity contribution < 1.29 is 23.5 Å². The minimum Gasteiger partial charge on any atom is -0.491 e. The van der Waals surface area contributed by atoms with Gasteiger partial charge in [-0.25, -0.2) is 18.7 Å². The number of hydrogen-bond acceptors (Lipinski definition) is 10. The first-order chi connectivity index (χ1) is 27.6. The molecule has 57 heavy (non-hydrogen) atoms. The zero-order valence-corrected chi connectivity index (χ0v) is 31.4. The van der Waals surface area contributed by atoms with Gasteiger partial charge in [0.15, 0.2) is 11.3 Å². The smallest absolute Gasteiger partial charge is 0.329 e. The number of carbonyl (C=O) groups excluding carboxylic acids is 3. The number of fused-ring (bicyclic) bond motifs is 3. The van der Waals surface area contributed by atoms with Gasteiger partial charge in [-0.2, -0.15) is 10.2 Å². The number of benzene rings is 2. The summed E-state index contributed by atoms with van der Waals surface area (Å²) in [4.78, 5) is 59.7. The van der Waals surface area contributed by atoms with Crippen LogP contribution < -0.4 is 26.0 Å². The molecule has 10 rings (SSSR count). The molecule has 3 saturated heterocycles. The standard InChI is InChI=1S/C40H42FN11O5/c1-47-35-30(4-2-5-31(35)52(39(47)56)32-8-9-34(53)45-38(32)55)49-22-40(41,23-49)21-48-14-10-26(11-15-48)51-19-25-16-29(33(17-28(25)46-51)57-20-24-6-7-24)44-37(54)27-18-43-50-13-3-12-42-36(27)50/h2-5,12-13,16-19,24,26,32H,6-11,14-15,20-23H2,1H3,(H,44,54)(H,45,53,55). The largest absolute Gasteiger partial charge is 0.491 e. The number of anilines is 2. The van der Waals surface area contributed by atoms with Crippen molar-refractivity contribution in [3.8, 4) is 5.75 Å². The van der Waals surface area contributed by atoms with Crippen molar-refractivity contribution >= 4 is 56.7 Å². The SMILES string of the molecule is Cn1c(=O)n(C2CCC(=O)NC2=O)c2cccc(N3CC(F)(CN4CCC(n5cc6cc(NC(=O)c7cnn8cccnc78)c(OCC7CC7)cc6n5)CC4)C3)c21. The van der Waals surface area contributed by atoms with E-state index >= 15 is 4.39 Å². The van der Waals surface area contributed by atoms with Crippen molar-refractivity contribution in [3.63, 3.8) is 0 Å². The Bertz CT molecular complexity index is 2640. The second kappa shape index (κ2) is 13.5. The molecule has 3 aliphatic heterocycles. The van der Waals surface area contributed by atoms with Crippen molar-refractivity contribution in [1.82, 2.24) is 43.7 Å². The summed E-state index contributed by atoms with van der Waals surface area (Å²) >= 11 is 0. The van der Waals surface area contributed by atoms with Crippen LogP contribution in [0, 0.1) is 5.92 Å². The zero-order valence-electron chi connectivity index (χ0n) is 31.4. The molecule has 17 heteroatoms. The number of aryl methyl sites for hydroxylation is 1. The van der Waals surface area contributed by atoms with Crippen LogP contribution in [0.4, 0.5) is 15.8 Å². The summed E-state index contributed by atoms with van der Waals surface area (Å²) in [5.74, 6) is -0.0678. The summed E-state index contributed by atoms with van der Waals surface area (Å²) in [5, 5.41) is 15.4. The fourth-order valence-corrected chi connectivity index (χ4v) is 8.70. The lowest BCUT2D eigenvalue weighted by molar-refractivity contribution is -0.135. The number of ether oxygens (including phenoxy) is 1. The first kappa shape index (κ1) is 35.3. The summed E-state index contributed by atoms with van der Waals surface area (Å²) in [7, 11) is 1.66. The predicted molar refractivity (Wildman–Crippen MR) is 208 cm³/mol. The molecule has 7 heterocycles. The number of nitrogens with zero attached hydrogens (tertiary/aromatic N) is 9. The van der Waals surface area contributed by atoms with E-state index in [1.807, 2.05) is 40.0 Å². The molecule has 0 spiro atoms. The highest BCUT2D eigenvalue weighted by Gasteiger charge is 2.46. The van der Waals surface area contributed by atoms with Crippen LogP contribution in [-0.4, -0.2) is 101 Å². The summed E-state index contributed by atoms with van der Waals surface area (Å²) in [6.07, 6.45) is 11.2. The Hall–Kier alpha value is -6.10. The summed E-state index contributed by atoms with van der Waals surface area (Å²) in [5.41, 5.74) is 2.37. The van der Waals surface area contributed by atoms with Crippen LogP contribution in [0.2, 0.25) is 0 Å². The monoisotopic (exact) mass is 775 g/mol. The first-order valence-corrected chi connectivity index (χ1v) is 19.6. The van der Waals surface area contributed by atoms with Crippen molar-refractivity contribution in [2.75, 3.05) is 49.5 Å². The molecule has 1 unspecified atom stereocenters. The van der Waals surface area contributed by atoms with Gasteiger partial charge >= 0.3 is 5.69 Å². The molecule has 4 fully saturated rings. The maximum Gasteiger partial charge on any atom is 0.329 e. The van der Waals surface area contributed by atoms with Crippen LogP contribution in [0.25, 0.3) is 27.6 Å². The fraction of sp³-hybridized carbons (Fsp3) is 0.425. The minimum atomic E-state index is -1.42. The van der Waals surface area contributed by atoms with E-state index in [1.165, 1.54) is 15.3 Å². The lowest BCUT2D eigenvalue weighted by atomic mass is 9.93. The lowest BCUT2D eigenvalue weighted by Crippen LogP contribution is -2.64. The van der Waals surface area contributed by atoms with Crippen LogP contribution in [0.1, 0.15) is 61.0 Å². The molecule has 294 valence electrons. The van der Waals surface area contributed by atoms with Gasteiger partial charge < -0.3 is 15.0 Å². The molecule has 6 aromatic rings. The van der Waals surface area contributed by atoms with Crippen LogP contribution in [0.3, 0.4) is 0 Å². The van der Waals surface area contributed by atoms with Gasteiger partial charge in [0.2, 0.25) is 11.8 Å². The van der Waals surface area contributed by atoms with Crippen molar-refractivity contribution in [2.45, 2.75) is 56.3 Å². The van der Waals surface area contributed by atoms with Gasteiger partial charge in [0.05, 0.1) is 59.9 Å². The molecule has 4 aromatic heterocycles. The quantitative estimate of drug-likeness (QED) is 0.197. The molecule has 0 bridgehead atoms. The van der Waals surface area contributed by atoms with Crippen LogP contribution >= 0.6 is 0 Å². The van der Waals surface area contributed by atoms with Gasteiger partial charge in [0, 0.05) is 63.1 Å². The second-order valence-electron chi connectivity index (χ2n) is 16.0. The van der Waals surface area contributed by atoms with E-state index < -0.39 is 17.6 Å². The minimum absolute atomic E-state index is 0.133. The van der Waals surface area contributed by atoms with E-state index in [9.17, 15) is 19.2 Å². The fourth-order valence-electron chi connectivity index (χ4n) is 8.70. The van der Waals surface area contributed by atoms with Crippen LogP contribution in [0.5, 0.6) is 5.75 Å². The number of para-hydroxylation sites is 1. The van der Waals surface area contributed by atoms with Gasteiger partial charge in [-0.15, -0.1) is 0 Å². The lowest BCUT2D eigenvalue weighted by Gasteiger charge is -2.48. The molecule has 1 atom stereocenters. The van der Waals surface area contributed by atoms with Crippen LogP contribution in [0.15, 0.2) is 66.0 Å². The summed E-state index contributed by atoms with van der Waals surface area (Å²) in [6, 6.07) is 10.4. The Morgan fingerprint density at radius 3 is 2.68 bits per heavy atom. The van der Waals surface area contributed by atoms with Crippen LogP contribution in [-0.2, 0) is 16.6 Å². The van der Waals surface area contributed by atoms with Gasteiger partial charge in [-0.1, -0.05) is 6.07 Å². The molecule has 3 amide bonds. The van der Waals surface area contributed by atoms with E-state index in [4.69, 9.17) is 9.84 Å². The number of alkyl halides is 1. The second-order valence-corrected chi connectivity index (χ2v) is 16.0. The number of aromatic nitrogens is 7. The van der Waals surface area contributed by atoms with Gasteiger partial charge in [0.25, 0.3) is 5.91 Å². The van der Waals surface area contributed by atoms with Crippen molar-refractivity contribution in [2.24, 2.45) is 13.0 Å². The average molecular weight is 776 g/mol. The number of imide groups is 1. The molecule has 2 N–H and O–H groups in total. The number of imidazole rings is 1. The number of amides is 3. The third kappa shape index (κ3) is 6.39. The van der Waals surface area contributed by atoms with Crippen molar-refractivity contribution in [1.29, 1.82) is 0 Å². The average Bonchev–Trinajstić information content (AvgIpc) is 3.68. The number of likely N-dealkylation sites (tertiary alicyclic amines) is 1. The Balaban J connectivity index is 0.803. The predicted octanol–water partition coefficient (Wildman–Crippen LogP) is 3.62. The normalized spacial score (nSPS) is 20.3. The number of rotatable bonds is 10. The van der Waals surface area contributed by atoms with Gasteiger partial charge in [0.1, 0.15) is 17.4 Å². The summed E-state index contributed by atoms with van der Waals surface area (Å²) in [6.45, 7) is 2.69. The maximum absolute atomic E-state index is 16.3. The van der Waals surface area contributed by atoms with E-state index in [-0.39, 0.29) is 49.5 Å². The highest BCUT2D eigenvalue weighted by atomic mass is 19.1. The van der Waals surface area contributed by atoms with E-state index in [0.29, 0.717) is 52.8 Å². The van der Waals surface area contributed by atoms with Gasteiger partial charge in [-0.05, 0) is 62.3 Å². The number of piperidine rings is 2. The Morgan fingerprint density at radius 1 is 1.07 bits per heavy atom. The highest BCUT2D eigenvalue weighted by Crippen LogP contribution is 2.39. The Kier molecular flexibility index (Phi) is 8.39. The molecular weight excluding hydrogens is 734 g/mol. The Morgan fingerprint density at radius 2 is 1.89 bits per heavy atom. The van der Waals surface area contributed by atoms with E-state index in [2.05, 4.69) is 25.6 Å². The molecular formula is C40H42FN11O5. The number of carbonyl (C=O) groups is 3. The summed E-state index contributed by atoms with van der Waals surface area (Å²) < 4.78 is 29.0. The number of nitrogens with one attached hydrogen (secondary N) is 2. The number of hydrogen-bond donors (Lipinski definition) is 2. The van der Waals surface area contributed by atoms with Crippen molar-refractivity contribution in [3.05, 3.63) is 77.2 Å². The number of halogens is 1. The molecule has 0 radical (unpaired) electrons. The molecule has 2 aromatic carbocycles. The van der Waals surface area contributed by atoms with Gasteiger partial charge in [-0.3, -0.25) is 38.4 Å². The molecule has 1 saturated carbocycles. The zero-order chi connectivity index (χ0) is 39.0. The molecule has 1 aliphatic carbocycles.